The van der Waals surface area contributed by atoms with Crippen LogP contribution >= 0.6 is 0 Å². The topological polar surface area (TPSA) is 38.8 Å². The van der Waals surface area contributed by atoms with Gasteiger partial charge in [0.25, 0.3) is 0 Å². The quantitative estimate of drug-likeness (QED) is 0.749. The van der Waals surface area contributed by atoms with Crippen molar-refractivity contribution in [3.63, 3.8) is 0 Å². The molecule has 2 bridgehead atoms. The maximum atomic E-state index is 13.7. The molecule has 0 amide bonds. The third kappa shape index (κ3) is 3.95. The molecule has 2 aromatic rings. The highest BCUT2D eigenvalue weighted by molar-refractivity contribution is 5.61. The van der Waals surface area contributed by atoms with Crippen LogP contribution in [0.25, 0.3) is 0 Å². The maximum absolute atomic E-state index is 13.7. The van der Waals surface area contributed by atoms with E-state index in [2.05, 4.69) is 4.90 Å². The third-order valence-corrected chi connectivity index (χ3v) is 5.41. The Bertz CT molecular complexity index is 806. The minimum Gasteiger partial charge on any atom is -0.429 e. The third-order valence-electron chi connectivity index (χ3n) is 5.41. The minimum absolute atomic E-state index is 0.179. The lowest BCUT2D eigenvalue weighted by Crippen LogP contribution is -2.52. The van der Waals surface area contributed by atoms with Gasteiger partial charge in [0.1, 0.15) is 6.10 Å². The van der Waals surface area contributed by atoms with Gasteiger partial charge in [-0.2, -0.15) is 0 Å². The second kappa shape index (κ2) is 7.64. The van der Waals surface area contributed by atoms with Crippen molar-refractivity contribution in [3.8, 4) is 0 Å². The molecule has 3 aliphatic rings. The number of carbonyl (C=O) groups excluding carboxylic acids is 1. The summed E-state index contributed by atoms with van der Waals surface area (Å²) in [5, 5.41) is 0. The van der Waals surface area contributed by atoms with E-state index < -0.39 is 23.9 Å². The van der Waals surface area contributed by atoms with Crippen LogP contribution in [0.4, 0.5) is 13.6 Å². The van der Waals surface area contributed by atoms with E-state index in [1.807, 2.05) is 6.07 Å². The van der Waals surface area contributed by atoms with Gasteiger partial charge in [-0.15, -0.1) is 0 Å². The number of carbonyl (C=O) groups is 1. The molecule has 6 heteroatoms. The molecule has 0 radical (unpaired) electrons. The molecule has 3 aliphatic heterocycles. The monoisotopic (exact) mass is 373 g/mol. The molecule has 2 atom stereocenters. The number of hydrogen-bond donors (Lipinski definition) is 0. The Balaban J connectivity index is 1.52. The number of benzene rings is 2. The Morgan fingerprint density at radius 2 is 1.74 bits per heavy atom. The molecule has 4 nitrogen and oxygen atoms in total. The zero-order valence-corrected chi connectivity index (χ0v) is 14.8. The van der Waals surface area contributed by atoms with E-state index in [4.69, 9.17) is 9.47 Å². The van der Waals surface area contributed by atoms with Gasteiger partial charge in [0.05, 0.1) is 0 Å². The molecule has 0 aliphatic carbocycles. The molecule has 2 aromatic carbocycles. The molecule has 27 heavy (non-hydrogen) atoms. The van der Waals surface area contributed by atoms with Gasteiger partial charge in [-0.05, 0) is 49.5 Å². The number of fused-ring (bicyclic) bond motifs is 3. The van der Waals surface area contributed by atoms with Crippen LogP contribution in [-0.2, 0) is 9.47 Å². The molecule has 3 fully saturated rings. The molecule has 5 rings (SSSR count). The molecule has 0 spiro atoms. The van der Waals surface area contributed by atoms with Gasteiger partial charge >= 0.3 is 6.16 Å². The van der Waals surface area contributed by atoms with Crippen molar-refractivity contribution < 1.29 is 23.0 Å². The minimum atomic E-state index is -0.984. The Kier molecular flexibility index (Phi) is 5.07. The lowest BCUT2D eigenvalue weighted by Gasteiger charge is -2.43. The molecule has 0 N–H and O–H groups in total. The number of hydrogen-bond acceptors (Lipinski definition) is 4. The normalized spacial score (nSPS) is 25.0. The highest BCUT2D eigenvalue weighted by Gasteiger charge is 2.37. The Hall–Kier alpha value is -2.47. The average molecular weight is 373 g/mol. The van der Waals surface area contributed by atoms with E-state index in [1.54, 1.807) is 24.3 Å². The number of nitrogens with zero attached hydrogens (tertiary/aromatic N) is 1. The summed E-state index contributed by atoms with van der Waals surface area (Å²) >= 11 is 0. The van der Waals surface area contributed by atoms with E-state index >= 15 is 0 Å². The van der Waals surface area contributed by atoms with Gasteiger partial charge in [0.2, 0.25) is 0 Å². The Morgan fingerprint density at radius 1 is 1.00 bits per heavy atom. The highest BCUT2D eigenvalue weighted by atomic mass is 19.2. The van der Waals surface area contributed by atoms with Crippen molar-refractivity contribution in [2.45, 2.75) is 25.0 Å². The van der Waals surface area contributed by atoms with E-state index in [-0.39, 0.29) is 6.10 Å². The number of halogens is 2. The maximum Gasteiger partial charge on any atom is 0.509 e. The van der Waals surface area contributed by atoms with Gasteiger partial charge in [-0.25, -0.2) is 13.6 Å². The van der Waals surface area contributed by atoms with Gasteiger partial charge < -0.3 is 9.47 Å². The summed E-state index contributed by atoms with van der Waals surface area (Å²) in [6, 6.07) is 12.5. The first-order valence-corrected chi connectivity index (χ1v) is 9.19. The van der Waals surface area contributed by atoms with Gasteiger partial charge in [0, 0.05) is 12.1 Å². The van der Waals surface area contributed by atoms with Crippen molar-refractivity contribution in [1.29, 1.82) is 0 Å². The molecule has 3 saturated heterocycles. The summed E-state index contributed by atoms with van der Waals surface area (Å²) in [5.74, 6) is -1.57. The Morgan fingerprint density at radius 3 is 2.37 bits per heavy atom. The van der Waals surface area contributed by atoms with Gasteiger partial charge in [0.15, 0.2) is 17.7 Å². The van der Waals surface area contributed by atoms with Crippen LogP contribution in [0.2, 0.25) is 0 Å². The summed E-state index contributed by atoms with van der Waals surface area (Å²) in [6.45, 7) is 2.81. The lowest BCUT2D eigenvalue weighted by molar-refractivity contribution is -0.0642. The Labute approximate surface area is 156 Å². The van der Waals surface area contributed by atoms with E-state index in [0.29, 0.717) is 17.0 Å². The summed E-state index contributed by atoms with van der Waals surface area (Å²) in [4.78, 5) is 14.7. The van der Waals surface area contributed by atoms with Crippen molar-refractivity contribution in [2.24, 2.45) is 5.92 Å². The van der Waals surface area contributed by atoms with Crippen LogP contribution in [0.5, 0.6) is 0 Å². The van der Waals surface area contributed by atoms with Crippen LogP contribution in [0.3, 0.4) is 0 Å². The highest BCUT2D eigenvalue weighted by Crippen LogP contribution is 2.32. The van der Waals surface area contributed by atoms with Crippen LogP contribution in [-0.4, -0.2) is 36.8 Å². The van der Waals surface area contributed by atoms with Crippen LogP contribution < -0.4 is 0 Å². The zero-order valence-electron chi connectivity index (χ0n) is 14.8. The zero-order chi connectivity index (χ0) is 18.8. The van der Waals surface area contributed by atoms with Gasteiger partial charge in [-0.1, -0.05) is 36.4 Å². The molecular formula is C21H21F2NO3. The van der Waals surface area contributed by atoms with Crippen LogP contribution in [0.15, 0.2) is 48.5 Å². The predicted molar refractivity (Wildman–Crippen MR) is 95.2 cm³/mol. The summed E-state index contributed by atoms with van der Waals surface area (Å²) in [7, 11) is 0. The number of rotatable bonds is 4. The number of piperidine rings is 3. The summed E-state index contributed by atoms with van der Waals surface area (Å²) in [5.41, 5.74) is 1.01. The van der Waals surface area contributed by atoms with Gasteiger partial charge in [-0.3, -0.25) is 4.90 Å². The van der Waals surface area contributed by atoms with E-state index in [1.165, 1.54) is 6.07 Å². The van der Waals surface area contributed by atoms with Crippen LogP contribution in [0.1, 0.15) is 30.1 Å². The van der Waals surface area contributed by atoms with Crippen molar-refractivity contribution in [1.82, 2.24) is 4.90 Å². The molecule has 142 valence electrons. The van der Waals surface area contributed by atoms with E-state index in [0.717, 1.165) is 44.6 Å². The lowest BCUT2D eigenvalue weighted by atomic mass is 9.86. The fraction of sp³-hybridized carbons (Fsp3) is 0.381. The first-order valence-electron chi connectivity index (χ1n) is 9.19. The molecule has 0 aromatic heterocycles. The van der Waals surface area contributed by atoms with Crippen LogP contribution in [0, 0.1) is 17.6 Å². The molecule has 0 saturated carbocycles. The predicted octanol–water partition coefficient (Wildman–Crippen LogP) is 4.30. The first-order chi connectivity index (χ1) is 13.1. The fourth-order valence-corrected chi connectivity index (χ4v) is 3.92. The molecule has 1 unspecified atom stereocenters. The second-order valence-electron chi connectivity index (χ2n) is 7.13. The average Bonchev–Trinajstić information content (AvgIpc) is 2.70. The standard InChI is InChI=1S/C21H21F2NO3/c22-17-7-6-16(12-18(17)23)20(15-4-2-1-3-5-15)27-21(25)26-19-13-24-10-8-14(19)9-11-24/h1-7,12,14,19-20H,8-11,13H2/t19-,20?/m0/s1. The fourth-order valence-electron chi connectivity index (χ4n) is 3.92. The van der Waals surface area contributed by atoms with Crippen molar-refractivity contribution >= 4 is 6.16 Å². The smallest absolute Gasteiger partial charge is 0.429 e. The molecular weight excluding hydrogens is 352 g/mol. The summed E-state index contributed by atoms with van der Waals surface area (Å²) in [6.07, 6.45) is 0.204. The SMILES string of the molecule is O=C(OC(c1ccccc1)c1ccc(F)c(F)c1)O[C@H]1CN2CCC1CC2. The molecule has 3 heterocycles. The van der Waals surface area contributed by atoms with Crippen molar-refractivity contribution in [2.75, 3.05) is 19.6 Å². The van der Waals surface area contributed by atoms with E-state index in [9.17, 15) is 13.6 Å². The largest absolute Gasteiger partial charge is 0.509 e. The second-order valence-corrected chi connectivity index (χ2v) is 7.13. The number of ether oxygens (including phenoxy) is 2. The van der Waals surface area contributed by atoms with Crippen molar-refractivity contribution in [3.05, 3.63) is 71.3 Å². The summed E-state index contributed by atoms with van der Waals surface area (Å²) < 4.78 is 38.2. The first kappa shape index (κ1) is 17.9.